The summed E-state index contributed by atoms with van der Waals surface area (Å²) in [5.41, 5.74) is 1.60. The summed E-state index contributed by atoms with van der Waals surface area (Å²) < 4.78 is 5.30. The maximum Gasteiger partial charge on any atom is 0.305 e. The van der Waals surface area contributed by atoms with Gasteiger partial charge in [0.1, 0.15) is 11.5 Å². The number of carbonyl (C=O) groups is 5. The van der Waals surface area contributed by atoms with Crippen LogP contribution in [0.4, 0.5) is 0 Å². The molecule has 1 aliphatic heterocycles. The number of rotatable bonds is 5. The first-order valence-corrected chi connectivity index (χ1v) is 12.3. The Morgan fingerprint density at radius 1 is 1.17 bits per heavy atom. The molecule has 0 radical (unpaired) electrons. The molecule has 1 fully saturated rings. The third-order valence-corrected chi connectivity index (χ3v) is 8.11. The quantitative estimate of drug-likeness (QED) is 0.321. The van der Waals surface area contributed by atoms with E-state index in [1.54, 1.807) is 12.1 Å². The van der Waals surface area contributed by atoms with Crippen molar-refractivity contribution in [3.05, 3.63) is 57.1 Å². The van der Waals surface area contributed by atoms with Crippen molar-refractivity contribution in [1.82, 2.24) is 4.90 Å². The molecule has 1 aromatic carbocycles. The highest BCUT2D eigenvalue weighted by atomic mass is 79.9. The number of phenolic OH excluding ortho intramolecular Hbond substituents is 1. The molecule has 186 valence electrons. The monoisotopic (exact) mass is 555 g/mol. The Bertz CT molecular complexity index is 1340. The van der Waals surface area contributed by atoms with Crippen LogP contribution in [0.2, 0.25) is 0 Å². The number of aliphatic carboxylic acids is 1. The van der Waals surface area contributed by atoms with E-state index in [4.69, 9.17) is 9.84 Å². The first kappa shape index (κ1) is 24.2. The van der Waals surface area contributed by atoms with E-state index in [9.17, 15) is 29.1 Å². The van der Waals surface area contributed by atoms with Gasteiger partial charge < -0.3 is 14.9 Å². The van der Waals surface area contributed by atoms with Gasteiger partial charge in [-0.05, 0) is 40.8 Å². The molecule has 1 saturated heterocycles. The van der Waals surface area contributed by atoms with Crippen molar-refractivity contribution in [3.8, 4) is 11.5 Å². The molecule has 0 unspecified atom stereocenters. The van der Waals surface area contributed by atoms with Crippen molar-refractivity contribution >= 4 is 45.3 Å². The van der Waals surface area contributed by atoms with E-state index in [2.05, 4.69) is 15.9 Å². The van der Waals surface area contributed by atoms with Crippen molar-refractivity contribution in [3.63, 3.8) is 0 Å². The van der Waals surface area contributed by atoms with Crippen LogP contribution in [-0.4, -0.2) is 58.1 Å². The van der Waals surface area contributed by atoms with Crippen molar-refractivity contribution < 1.29 is 38.9 Å². The molecule has 2 amide bonds. The number of hydrogen-bond donors (Lipinski definition) is 2. The lowest BCUT2D eigenvalue weighted by Crippen LogP contribution is -2.39. The number of carbonyl (C=O) groups excluding carboxylic acids is 4. The number of Topliss-reactive ketones (excluding diaryl/α,β-unsaturated/α-hetero) is 1. The lowest BCUT2D eigenvalue weighted by Gasteiger charge is -2.42. The molecule has 0 spiro atoms. The smallest absolute Gasteiger partial charge is 0.305 e. The largest absolute Gasteiger partial charge is 0.507 e. The number of benzene rings is 1. The molecule has 1 aromatic rings. The highest BCUT2D eigenvalue weighted by Gasteiger charge is 2.56. The Morgan fingerprint density at radius 2 is 1.92 bits per heavy atom. The van der Waals surface area contributed by atoms with Crippen molar-refractivity contribution in [2.24, 2.45) is 17.8 Å². The van der Waals surface area contributed by atoms with Crippen LogP contribution in [0.3, 0.4) is 0 Å². The normalized spacial score (nSPS) is 27.3. The minimum atomic E-state index is -1.12. The molecular formula is C26H22BrNO8. The minimum Gasteiger partial charge on any atom is -0.507 e. The average Bonchev–Trinajstić information content (AvgIpc) is 3.09. The summed E-state index contributed by atoms with van der Waals surface area (Å²) >= 11 is 3.17. The number of amides is 2. The number of allylic oxidation sites excluding steroid dienone is 6. The number of aromatic hydroxyl groups is 1. The molecule has 4 aliphatic rings. The number of hydrogen-bond acceptors (Lipinski definition) is 7. The van der Waals surface area contributed by atoms with Gasteiger partial charge in [-0.2, -0.15) is 0 Å². The van der Waals surface area contributed by atoms with Gasteiger partial charge in [0.05, 0.1) is 29.8 Å². The highest BCUT2D eigenvalue weighted by molar-refractivity contribution is 9.12. The second-order valence-corrected chi connectivity index (χ2v) is 10.1. The van der Waals surface area contributed by atoms with Crippen molar-refractivity contribution in [2.75, 3.05) is 13.7 Å². The first-order valence-electron chi connectivity index (χ1n) is 11.5. The van der Waals surface area contributed by atoms with Crippen LogP contribution in [-0.2, 0) is 24.0 Å². The van der Waals surface area contributed by atoms with Gasteiger partial charge >= 0.3 is 5.97 Å². The van der Waals surface area contributed by atoms with Crippen LogP contribution in [0.25, 0.3) is 0 Å². The number of imide groups is 1. The molecule has 2 N–H and O–H groups in total. The SMILES string of the molecule is COc1ccc([C@H]2C3=CC[C@@H]4C(=O)N(CCC(=O)O)C(=O)[C@@H]4[C@@H]3CC3=C2C(=O)C=C(Br)C3=O)c(O)c1. The number of methoxy groups -OCH3 is 1. The van der Waals surface area contributed by atoms with Gasteiger partial charge in [0.15, 0.2) is 11.6 Å². The number of fused-ring (bicyclic) bond motifs is 3. The zero-order chi connectivity index (χ0) is 25.9. The van der Waals surface area contributed by atoms with Crippen LogP contribution >= 0.6 is 15.9 Å². The zero-order valence-corrected chi connectivity index (χ0v) is 20.8. The molecule has 5 rings (SSSR count). The molecule has 9 nitrogen and oxygen atoms in total. The van der Waals surface area contributed by atoms with E-state index in [1.165, 1.54) is 19.3 Å². The number of halogens is 1. The Labute approximate surface area is 214 Å². The molecule has 4 atom stereocenters. The summed E-state index contributed by atoms with van der Waals surface area (Å²) in [4.78, 5) is 64.9. The summed E-state index contributed by atoms with van der Waals surface area (Å²) in [5, 5.41) is 19.9. The van der Waals surface area contributed by atoms with Crippen molar-refractivity contribution in [1.29, 1.82) is 0 Å². The Balaban J connectivity index is 1.63. The molecule has 0 bridgehead atoms. The summed E-state index contributed by atoms with van der Waals surface area (Å²) in [7, 11) is 1.46. The highest BCUT2D eigenvalue weighted by Crippen LogP contribution is 2.56. The second kappa shape index (κ2) is 8.85. The van der Waals surface area contributed by atoms with Crippen LogP contribution in [0.15, 0.2) is 51.6 Å². The number of ether oxygens (including phenoxy) is 1. The molecule has 0 saturated carbocycles. The summed E-state index contributed by atoms with van der Waals surface area (Å²) in [5.74, 6) is -5.24. The molecular weight excluding hydrogens is 534 g/mol. The van der Waals surface area contributed by atoms with Gasteiger partial charge in [-0.1, -0.05) is 17.7 Å². The second-order valence-electron chi connectivity index (χ2n) is 9.29. The van der Waals surface area contributed by atoms with Crippen LogP contribution in [0.1, 0.15) is 30.7 Å². The fraction of sp³-hybridized carbons (Fsp3) is 0.346. The van der Waals surface area contributed by atoms with Gasteiger partial charge in [-0.3, -0.25) is 28.9 Å². The lowest BCUT2D eigenvalue weighted by molar-refractivity contribution is -0.142. The average molecular weight is 556 g/mol. The standard InChI is InChI=1S/C26H22BrNO8/c1-36-11-2-3-13(18(29)8-11)21-12-4-5-14-22(26(35)28(25(14)34)7-6-20(31)32)15(12)9-16-23(21)19(30)10-17(27)24(16)33/h2-4,8,10,14-15,21-22,29H,5-7,9H2,1H3,(H,31,32)/t14-,15+,21+,22-/m0/s1. The fourth-order valence-electron chi connectivity index (χ4n) is 5.95. The molecule has 1 heterocycles. The molecule has 0 aromatic heterocycles. The van der Waals surface area contributed by atoms with E-state index in [-0.39, 0.29) is 58.8 Å². The number of carboxylic acid groups (broad SMARTS) is 1. The van der Waals surface area contributed by atoms with Crippen LogP contribution in [0.5, 0.6) is 11.5 Å². The summed E-state index contributed by atoms with van der Waals surface area (Å²) in [6.07, 6.45) is 3.03. The van der Waals surface area contributed by atoms with E-state index in [1.807, 2.05) is 6.08 Å². The molecule has 10 heteroatoms. The number of carboxylic acids is 1. The lowest BCUT2D eigenvalue weighted by atomic mass is 9.59. The predicted octanol–water partition coefficient (Wildman–Crippen LogP) is 2.64. The molecule has 36 heavy (non-hydrogen) atoms. The first-order chi connectivity index (χ1) is 17.1. The predicted molar refractivity (Wildman–Crippen MR) is 128 cm³/mol. The number of phenols is 1. The zero-order valence-electron chi connectivity index (χ0n) is 19.2. The Hall–Kier alpha value is -3.53. The number of nitrogens with zero attached hydrogens (tertiary/aromatic N) is 1. The summed E-state index contributed by atoms with van der Waals surface area (Å²) in [6.45, 7) is -0.218. The van der Waals surface area contributed by atoms with Crippen LogP contribution < -0.4 is 4.74 Å². The van der Waals surface area contributed by atoms with Gasteiger partial charge in [-0.15, -0.1) is 0 Å². The van der Waals surface area contributed by atoms with E-state index >= 15 is 0 Å². The van der Waals surface area contributed by atoms with E-state index < -0.39 is 41.5 Å². The number of ketones is 2. The maximum absolute atomic E-state index is 13.4. The topological polar surface area (TPSA) is 138 Å². The van der Waals surface area contributed by atoms with Crippen LogP contribution in [0, 0.1) is 17.8 Å². The Kier molecular flexibility index (Phi) is 5.94. The van der Waals surface area contributed by atoms with Gasteiger partial charge in [0.25, 0.3) is 0 Å². The van der Waals surface area contributed by atoms with E-state index in [0.29, 0.717) is 16.9 Å². The van der Waals surface area contributed by atoms with Gasteiger partial charge in [0, 0.05) is 41.3 Å². The van der Waals surface area contributed by atoms with Gasteiger partial charge in [-0.25, -0.2) is 0 Å². The van der Waals surface area contributed by atoms with Gasteiger partial charge in [0.2, 0.25) is 11.8 Å². The fourth-order valence-corrected chi connectivity index (χ4v) is 6.40. The minimum absolute atomic E-state index is 0.0923. The van der Waals surface area contributed by atoms with E-state index in [0.717, 1.165) is 4.90 Å². The van der Waals surface area contributed by atoms with Crippen molar-refractivity contribution in [2.45, 2.75) is 25.2 Å². The third kappa shape index (κ3) is 3.62. The summed E-state index contributed by atoms with van der Waals surface area (Å²) in [6, 6.07) is 4.69. The molecule has 3 aliphatic carbocycles. The maximum atomic E-state index is 13.4. The third-order valence-electron chi connectivity index (χ3n) is 7.52. The Morgan fingerprint density at radius 3 is 2.58 bits per heavy atom. The number of likely N-dealkylation sites (tertiary alicyclic amines) is 1.